The second-order valence-corrected chi connectivity index (χ2v) is 4.26. The van der Waals surface area contributed by atoms with Gasteiger partial charge in [0, 0.05) is 6.04 Å². The fraction of sp³-hybridized carbons (Fsp3) is 0.571. The van der Waals surface area contributed by atoms with Gasteiger partial charge in [0.15, 0.2) is 0 Å². The van der Waals surface area contributed by atoms with E-state index in [1.165, 1.54) is 11.1 Å². The van der Waals surface area contributed by atoms with Gasteiger partial charge in [0.05, 0.1) is 0 Å². The summed E-state index contributed by atoms with van der Waals surface area (Å²) in [7, 11) is 0. The normalized spacial score (nSPS) is 13.1. The Kier molecular flexibility index (Phi) is 4.83. The van der Waals surface area contributed by atoms with Crippen LogP contribution in [0.4, 0.5) is 0 Å². The maximum absolute atomic E-state index is 2.50. The maximum atomic E-state index is 2.50. The molecule has 0 aliphatic carbocycles. The summed E-state index contributed by atoms with van der Waals surface area (Å²) in [5.74, 6) is 0. The van der Waals surface area contributed by atoms with Gasteiger partial charge in [0.2, 0.25) is 0 Å². The van der Waals surface area contributed by atoms with Crippen molar-refractivity contribution in [3.63, 3.8) is 0 Å². The number of hydrogen-bond acceptors (Lipinski definition) is 1. The second kappa shape index (κ2) is 5.92. The first-order valence-electron chi connectivity index (χ1n) is 5.97. The summed E-state index contributed by atoms with van der Waals surface area (Å²) in [6.07, 6.45) is 1.15. The molecule has 1 aromatic carbocycles. The molecule has 1 nitrogen and oxygen atoms in total. The van der Waals surface area contributed by atoms with E-state index >= 15 is 0 Å². The fourth-order valence-corrected chi connectivity index (χ4v) is 2.04. The van der Waals surface area contributed by atoms with Gasteiger partial charge < -0.3 is 4.90 Å². The van der Waals surface area contributed by atoms with Crippen LogP contribution in [0.3, 0.4) is 0 Å². The van der Waals surface area contributed by atoms with Gasteiger partial charge in [-0.1, -0.05) is 43.7 Å². The highest BCUT2D eigenvalue weighted by Gasteiger charge is 2.09. The van der Waals surface area contributed by atoms with E-state index in [1.807, 2.05) is 0 Å². The van der Waals surface area contributed by atoms with E-state index < -0.39 is 0 Å². The van der Waals surface area contributed by atoms with Gasteiger partial charge in [-0.2, -0.15) is 0 Å². The highest BCUT2D eigenvalue weighted by Crippen LogP contribution is 2.09. The van der Waals surface area contributed by atoms with Gasteiger partial charge >= 0.3 is 0 Å². The molecule has 0 heterocycles. The Hall–Kier alpha value is -0.820. The Morgan fingerprint density at radius 3 is 2.07 bits per heavy atom. The lowest BCUT2D eigenvalue weighted by molar-refractivity contribution is 0.230. The number of benzene rings is 1. The van der Waals surface area contributed by atoms with Crippen LogP contribution in [0.25, 0.3) is 0 Å². The quantitative estimate of drug-likeness (QED) is 0.713. The number of nitrogens with zero attached hydrogens (tertiary/aromatic N) is 1. The summed E-state index contributed by atoms with van der Waals surface area (Å²) in [4.78, 5) is 2.50. The Bertz CT molecular complexity index is 272. The van der Waals surface area contributed by atoms with E-state index in [2.05, 4.69) is 56.9 Å². The lowest BCUT2D eigenvalue weighted by Gasteiger charge is -2.26. The molecule has 0 saturated carbocycles. The van der Waals surface area contributed by atoms with Crippen LogP contribution >= 0.6 is 0 Å². The molecule has 0 amide bonds. The number of rotatable bonds is 5. The summed E-state index contributed by atoms with van der Waals surface area (Å²) in [6, 6.07) is 9.53. The largest absolute Gasteiger partial charge is 0.301 e. The van der Waals surface area contributed by atoms with E-state index in [0.29, 0.717) is 6.04 Å². The molecule has 1 aromatic rings. The zero-order chi connectivity index (χ0) is 11.3. The summed E-state index contributed by atoms with van der Waals surface area (Å²) in [6.45, 7) is 11.2. The average Bonchev–Trinajstić information content (AvgIpc) is 2.23. The van der Waals surface area contributed by atoms with E-state index in [1.54, 1.807) is 0 Å². The summed E-state index contributed by atoms with van der Waals surface area (Å²) < 4.78 is 0. The monoisotopic (exact) mass is 205 g/mol. The first-order chi connectivity index (χ1) is 7.17. The molecule has 1 unspecified atom stereocenters. The van der Waals surface area contributed by atoms with Gasteiger partial charge in [0.1, 0.15) is 0 Å². The molecule has 0 aliphatic rings. The molecule has 84 valence electrons. The Balaban J connectivity index is 2.57. The molecular formula is C14H23N. The van der Waals surface area contributed by atoms with Gasteiger partial charge in [0.25, 0.3) is 0 Å². The number of hydrogen-bond donors (Lipinski definition) is 0. The molecule has 0 radical (unpaired) electrons. The van der Waals surface area contributed by atoms with Crippen LogP contribution in [0, 0.1) is 6.92 Å². The van der Waals surface area contributed by atoms with E-state index in [0.717, 1.165) is 19.5 Å². The minimum Gasteiger partial charge on any atom is -0.301 e. The molecular weight excluding hydrogens is 182 g/mol. The summed E-state index contributed by atoms with van der Waals surface area (Å²) in [5.41, 5.74) is 2.79. The summed E-state index contributed by atoms with van der Waals surface area (Å²) in [5, 5.41) is 0. The third-order valence-corrected chi connectivity index (χ3v) is 3.09. The van der Waals surface area contributed by atoms with Crippen LogP contribution in [0.15, 0.2) is 24.3 Å². The van der Waals surface area contributed by atoms with Crippen LogP contribution in [0.1, 0.15) is 31.9 Å². The minimum absolute atomic E-state index is 0.641. The minimum atomic E-state index is 0.641. The van der Waals surface area contributed by atoms with Crippen LogP contribution < -0.4 is 0 Å². The van der Waals surface area contributed by atoms with Crippen LogP contribution in [-0.2, 0) is 6.42 Å². The Morgan fingerprint density at radius 1 is 1.07 bits per heavy atom. The third kappa shape index (κ3) is 3.67. The summed E-state index contributed by atoms with van der Waals surface area (Å²) >= 11 is 0. The highest BCUT2D eigenvalue weighted by molar-refractivity contribution is 5.21. The van der Waals surface area contributed by atoms with E-state index in [4.69, 9.17) is 0 Å². The van der Waals surface area contributed by atoms with Crippen molar-refractivity contribution < 1.29 is 0 Å². The Labute approximate surface area is 94.1 Å². The molecule has 1 rings (SSSR count). The second-order valence-electron chi connectivity index (χ2n) is 4.26. The van der Waals surface area contributed by atoms with Crippen molar-refractivity contribution in [3.8, 4) is 0 Å². The SMILES string of the molecule is CCN(CC)C(C)Cc1ccc(C)cc1. The standard InChI is InChI=1S/C14H23N/c1-5-15(6-2)13(4)11-14-9-7-12(3)8-10-14/h7-10,13H,5-6,11H2,1-4H3. The number of likely N-dealkylation sites (N-methyl/N-ethyl adjacent to an activating group) is 1. The maximum Gasteiger partial charge on any atom is 0.0107 e. The van der Waals surface area contributed by atoms with Gasteiger partial charge in [-0.15, -0.1) is 0 Å². The highest BCUT2D eigenvalue weighted by atomic mass is 15.1. The van der Waals surface area contributed by atoms with Crippen molar-refractivity contribution >= 4 is 0 Å². The first-order valence-corrected chi connectivity index (χ1v) is 5.97. The predicted octanol–water partition coefficient (Wildman–Crippen LogP) is 3.27. The molecule has 0 saturated heterocycles. The molecule has 1 heteroatoms. The molecule has 0 bridgehead atoms. The van der Waals surface area contributed by atoms with Crippen LogP contribution in [0.5, 0.6) is 0 Å². The lowest BCUT2D eigenvalue weighted by atomic mass is 10.0. The smallest absolute Gasteiger partial charge is 0.0107 e. The number of aryl methyl sites for hydroxylation is 1. The van der Waals surface area contributed by atoms with Crippen molar-refractivity contribution in [1.82, 2.24) is 4.90 Å². The van der Waals surface area contributed by atoms with E-state index in [-0.39, 0.29) is 0 Å². The van der Waals surface area contributed by atoms with Crippen LogP contribution in [-0.4, -0.2) is 24.0 Å². The van der Waals surface area contributed by atoms with E-state index in [9.17, 15) is 0 Å². The van der Waals surface area contributed by atoms with Crippen molar-refractivity contribution in [2.24, 2.45) is 0 Å². The topological polar surface area (TPSA) is 3.24 Å². The zero-order valence-corrected chi connectivity index (χ0v) is 10.5. The first kappa shape index (κ1) is 12.3. The molecule has 0 aromatic heterocycles. The Morgan fingerprint density at radius 2 is 1.60 bits per heavy atom. The molecule has 0 fully saturated rings. The van der Waals surface area contributed by atoms with Crippen molar-refractivity contribution in [3.05, 3.63) is 35.4 Å². The predicted molar refractivity (Wildman–Crippen MR) is 67.3 cm³/mol. The molecule has 0 spiro atoms. The molecule has 0 N–H and O–H groups in total. The lowest BCUT2D eigenvalue weighted by Crippen LogP contribution is -2.34. The van der Waals surface area contributed by atoms with Crippen LogP contribution in [0.2, 0.25) is 0 Å². The third-order valence-electron chi connectivity index (χ3n) is 3.09. The molecule has 0 aliphatic heterocycles. The van der Waals surface area contributed by atoms with Crippen molar-refractivity contribution in [2.75, 3.05) is 13.1 Å². The molecule has 1 atom stereocenters. The zero-order valence-electron chi connectivity index (χ0n) is 10.5. The average molecular weight is 205 g/mol. The van der Waals surface area contributed by atoms with Crippen molar-refractivity contribution in [2.45, 2.75) is 40.2 Å². The van der Waals surface area contributed by atoms with Gasteiger partial charge in [-0.05, 0) is 38.9 Å². The van der Waals surface area contributed by atoms with Gasteiger partial charge in [-0.25, -0.2) is 0 Å². The van der Waals surface area contributed by atoms with Crippen molar-refractivity contribution in [1.29, 1.82) is 0 Å². The fourth-order valence-electron chi connectivity index (χ4n) is 2.04. The molecule has 15 heavy (non-hydrogen) atoms. The van der Waals surface area contributed by atoms with Gasteiger partial charge in [-0.3, -0.25) is 0 Å².